The Kier molecular flexibility index (Phi) is 10.8. The molecule has 0 aliphatic carbocycles. The third-order valence-electron chi connectivity index (χ3n) is 5.87. The van der Waals surface area contributed by atoms with Gasteiger partial charge in [-0.1, -0.05) is 0 Å². The molecule has 10 heteroatoms. The van der Waals surface area contributed by atoms with Crippen LogP contribution < -0.4 is 10.6 Å². The molecule has 2 heterocycles. The monoisotopic (exact) mass is 472 g/mol. The molecule has 9 atom stereocenters. The lowest BCUT2D eigenvalue weighted by Crippen LogP contribution is -2.65. The molecule has 0 radical (unpaired) electrons. The van der Waals surface area contributed by atoms with Crippen molar-refractivity contribution in [1.29, 1.82) is 0 Å². The summed E-state index contributed by atoms with van der Waals surface area (Å²) < 4.78 is 5.80. The lowest BCUT2D eigenvalue weighted by molar-refractivity contribution is -0.205. The van der Waals surface area contributed by atoms with E-state index in [0.29, 0.717) is 18.2 Å². The van der Waals surface area contributed by atoms with E-state index in [2.05, 4.69) is 10.6 Å². The van der Waals surface area contributed by atoms with Crippen LogP contribution in [0.25, 0.3) is 0 Å². The molecule has 170 valence electrons. The largest absolute Gasteiger partial charge is 0.388 e. The van der Waals surface area contributed by atoms with E-state index in [0.717, 1.165) is 32.2 Å². The summed E-state index contributed by atoms with van der Waals surface area (Å²) in [6.45, 7) is 2.46. The van der Waals surface area contributed by atoms with E-state index in [9.17, 15) is 20.1 Å². The SMILES string of the molecule is CS[C@H]1OC([C@H](NC(=O)[C@@H]2CC[C@H](CCCCl)CCN2)[C@H](C)Cl)[C@H](O)[C@H](O)[C@H]1O. The van der Waals surface area contributed by atoms with Crippen LogP contribution in [-0.4, -0.2) is 87.2 Å². The molecule has 0 aromatic carbocycles. The number of ether oxygens (including phenoxy) is 1. The number of nitrogens with one attached hydrogen (secondary N) is 2. The first kappa shape index (κ1) is 25.5. The first-order chi connectivity index (χ1) is 13.8. The Morgan fingerprint density at radius 3 is 2.59 bits per heavy atom. The maximum atomic E-state index is 12.9. The van der Waals surface area contributed by atoms with Crippen molar-refractivity contribution in [2.45, 2.75) is 86.3 Å². The molecule has 7 nitrogen and oxygen atoms in total. The lowest BCUT2D eigenvalue weighted by Gasteiger charge is -2.44. The van der Waals surface area contributed by atoms with E-state index >= 15 is 0 Å². The summed E-state index contributed by atoms with van der Waals surface area (Å²) in [6, 6.07) is -1.06. The number of amides is 1. The summed E-state index contributed by atoms with van der Waals surface area (Å²) in [5.41, 5.74) is -0.716. The van der Waals surface area contributed by atoms with Crippen molar-refractivity contribution in [1.82, 2.24) is 10.6 Å². The molecule has 0 spiro atoms. The number of alkyl halides is 2. The van der Waals surface area contributed by atoms with Crippen LogP contribution in [0, 0.1) is 5.92 Å². The molecule has 2 fully saturated rings. The second kappa shape index (κ2) is 12.3. The highest BCUT2D eigenvalue weighted by molar-refractivity contribution is 7.99. The summed E-state index contributed by atoms with van der Waals surface area (Å²) in [6.07, 6.45) is 1.59. The zero-order chi connectivity index (χ0) is 21.6. The standard InChI is InChI=1S/C19H34Cl2N2O5S/c1-10(21)13(17-15(25)14(24)16(26)19(28-17)29-2)23-18(27)12-6-5-11(4-3-8-20)7-9-22-12/h10-17,19,22,24-26H,3-9H2,1-2H3,(H,23,27)/t10-,11-,12-,13+,14-,15+,16+,17?,19+/m0/s1. The highest BCUT2D eigenvalue weighted by Gasteiger charge is 2.48. The third-order valence-corrected chi connectivity index (χ3v) is 7.26. The topological polar surface area (TPSA) is 111 Å². The molecule has 2 rings (SSSR count). The van der Waals surface area contributed by atoms with Gasteiger partial charge in [-0.3, -0.25) is 4.79 Å². The minimum atomic E-state index is -1.38. The van der Waals surface area contributed by atoms with Crippen LogP contribution in [0.1, 0.15) is 39.0 Å². The van der Waals surface area contributed by atoms with Gasteiger partial charge in [0, 0.05) is 5.88 Å². The third kappa shape index (κ3) is 6.84. The second-order valence-electron chi connectivity index (χ2n) is 7.96. The molecule has 0 aromatic heterocycles. The van der Waals surface area contributed by atoms with Crippen molar-refractivity contribution in [2.75, 3.05) is 18.7 Å². The molecule has 2 aliphatic rings. The van der Waals surface area contributed by atoms with E-state index < -0.39 is 41.3 Å². The van der Waals surface area contributed by atoms with E-state index in [1.54, 1.807) is 13.2 Å². The second-order valence-corrected chi connectivity index (χ2v) is 9.96. The van der Waals surface area contributed by atoms with Gasteiger partial charge >= 0.3 is 0 Å². The van der Waals surface area contributed by atoms with E-state index in [1.165, 1.54) is 11.8 Å². The Labute approximate surface area is 187 Å². The van der Waals surface area contributed by atoms with Gasteiger partial charge in [-0.25, -0.2) is 0 Å². The van der Waals surface area contributed by atoms with Crippen molar-refractivity contribution in [2.24, 2.45) is 5.92 Å². The molecule has 0 aromatic rings. The molecular weight excluding hydrogens is 439 g/mol. The number of halogens is 2. The van der Waals surface area contributed by atoms with E-state index in [1.807, 2.05) is 0 Å². The number of carbonyl (C=O) groups excluding carboxylic acids is 1. The Balaban J connectivity index is 2.01. The highest BCUT2D eigenvalue weighted by atomic mass is 35.5. The molecule has 2 saturated heterocycles. The van der Waals surface area contributed by atoms with Gasteiger partial charge in [0.1, 0.15) is 29.9 Å². The quantitative estimate of drug-likeness (QED) is 0.335. The number of rotatable bonds is 8. The Bertz CT molecular complexity index is 517. The molecule has 0 saturated carbocycles. The fraction of sp³-hybridized carbons (Fsp3) is 0.947. The highest BCUT2D eigenvalue weighted by Crippen LogP contribution is 2.30. The van der Waals surface area contributed by atoms with Crippen molar-refractivity contribution < 1.29 is 24.9 Å². The van der Waals surface area contributed by atoms with Crippen molar-refractivity contribution in [3.63, 3.8) is 0 Å². The summed E-state index contributed by atoms with van der Waals surface area (Å²) in [5, 5.41) is 36.4. The number of carbonyl (C=O) groups is 1. The number of aliphatic hydroxyl groups is 3. The predicted octanol–water partition coefficient (Wildman–Crippen LogP) is 1.05. The van der Waals surface area contributed by atoms with Crippen LogP contribution in [-0.2, 0) is 9.53 Å². The molecular formula is C19H34Cl2N2O5S. The normalized spacial score (nSPS) is 38.1. The molecule has 1 unspecified atom stereocenters. The molecule has 0 bridgehead atoms. The van der Waals surface area contributed by atoms with Gasteiger partial charge in [0.15, 0.2) is 0 Å². The summed E-state index contributed by atoms with van der Waals surface area (Å²) in [4.78, 5) is 12.9. The van der Waals surface area contributed by atoms with Crippen LogP contribution in [0.3, 0.4) is 0 Å². The smallest absolute Gasteiger partial charge is 0.237 e. The summed E-state index contributed by atoms with van der Waals surface area (Å²) in [7, 11) is 0. The average Bonchev–Trinajstić information content (AvgIpc) is 2.95. The van der Waals surface area contributed by atoms with Crippen molar-refractivity contribution in [3.8, 4) is 0 Å². The Morgan fingerprint density at radius 1 is 1.24 bits per heavy atom. The van der Waals surface area contributed by atoms with Crippen molar-refractivity contribution in [3.05, 3.63) is 0 Å². The zero-order valence-corrected chi connectivity index (χ0v) is 19.3. The van der Waals surface area contributed by atoms with Crippen LogP contribution in [0.5, 0.6) is 0 Å². The van der Waals surface area contributed by atoms with Crippen LogP contribution in [0.4, 0.5) is 0 Å². The van der Waals surface area contributed by atoms with Gasteiger partial charge in [-0.05, 0) is 57.7 Å². The van der Waals surface area contributed by atoms with Gasteiger partial charge < -0.3 is 30.7 Å². The first-order valence-electron chi connectivity index (χ1n) is 10.3. The minimum absolute atomic E-state index is 0.197. The van der Waals surface area contributed by atoms with Gasteiger partial charge in [0.2, 0.25) is 5.91 Å². The fourth-order valence-electron chi connectivity index (χ4n) is 4.08. The van der Waals surface area contributed by atoms with Crippen LogP contribution in [0.2, 0.25) is 0 Å². The number of hydrogen-bond donors (Lipinski definition) is 5. The predicted molar refractivity (Wildman–Crippen MR) is 117 cm³/mol. The first-order valence-corrected chi connectivity index (χ1v) is 12.5. The van der Waals surface area contributed by atoms with Gasteiger partial charge in [0.25, 0.3) is 0 Å². The van der Waals surface area contributed by atoms with Crippen LogP contribution in [0.15, 0.2) is 0 Å². The number of hydrogen-bond acceptors (Lipinski definition) is 7. The van der Waals surface area contributed by atoms with Gasteiger partial charge in [-0.15, -0.1) is 35.0 Å². The van der Waals surface area contributed by atoms with E-state index in [-0.39, 0.29) is 11.9 Å². The van der Waals surface area contributed by atoms with E-state index in [4.69, 9.17) is 27.9 Å². The van der Waals surface area contributed by atoms with Crippen molar-refractivity contribution >= 4 is 40.9 Å². The van der Waals surface area contributed by atoms with Gasteiger partial charge in [0.05, 0.1) is 17.5 Å². The van der Waals surface area contributed by atoms with Gasteiger partial charge in [-0.2, -0.15) is 0 Å². The number of thioether (sulfide) groups is 1. The molecule has 2 aliphatic heterocycles. The number of aliphatic hydroxyl groups excluding tert-OH is 3. The molecule has 5 N–H and O–H groups in total. The maximum absolute atomic E-state index is 12.9. The fourth-order valence-corrected chi connectivity index (χ4v) is 5.12. The maximum Gasteiger partial charge on any atom is 0.237 e. The Morgan fingerprint density at radius 2 is 1.97 bits per heavy atom. The summed E-state index contributed by atoms with van der Waals surface area (Å²) >= 11 is 13.3. The molecule has 1 amide bonds. The minimum Gasteiger partial charge on any atom is -0.388 e. The van der Waals surface area contributed by atoms with Crippen LogP contribution >= 0.6 is 35.0 Å². The lowest BCUT2D eigenvalue weighted by atomic mass is 9.92. The average molecular weight is 473 g/mol. The molecule has 29 heavy (non-hydrogen) atoms. The zero-order valence-electron chi connectivity index (χ0n) is 17.0. The summed E-state index contributed by atoms with van der Waals surface area (Å²) in [5.74, 6) is 1.02. The Hall–Kier alpha value is 0.200.